The molecule has 3 fully saturated rings. The van der Waals surface area contributed by atoms with Crippen LogP contribution in [0.2, 0.25) is 0 Å². The predicted molar refractivity (Wildman–Crippen MR) is 84.4 cm³/mol. The number of nitrogens with one attached hydrogen (secondary N) is 1. The Morgan fingerprint density at radius 1 is 1.38 bits per heavy atom. The van der Waals surface area contributed by atoms with Crippen molar-refractivity contribution in [3.63, 3.8) is 0 Å². The van der Waals surface area contributed by atoms with Crippen LogP contribution in [-0.4, -0.2) is 41.5 Å². The van der Waals surface area contributed by atoms with Crippen LogP contribution in [0.4, 0.5) is 0 Å². The van der Waals surface area contributed by atoms with Crippen molar-refractivity contribution >= 4 is 27.5 Å². The molecule has 0 radical (unpaired) electrons. The normalized spacial score (nSPS) is 27.9. The summed E-state index contributed by atoms with van der Waals surface area (Å²) in [5, 5.41) is 3.24. The largest absolute Gasteiger partial charge is 0.352 e. The van der Waals surface area contributed by atoms with Crippen LogP contribution < -0.4 is 5.32 Å². The number of amides is 1. The van der Waals surface area contributed by atoms with Crippen LogP contribution in [0.15, 0.2) is 23.7 Å². The molecule has 0 unspecified atom stereocenters. The van der Waals surface area contributed by atoms with E-state index in [1.807, 2.05) is 17.6 Å². The predicted octanol–water partition coefficient (Wildman–Crippen LogP) is 2.05. The molecule has 3 saturated heterocycles. The molecule has 1 atom stereocenters. The first-order chi connectivity index (χ1) is 10.3. The second kappa shape index (κ2) is 5.39. The van der Waals surface area contributed by atoms with Gasteiger partial charge in [0.05, 0.1) is 22.1 Å². The number of carbonyl (C=O) groups excluding carboxylic acids is 1. The SMILES string of the molecule is O=C(Cc1ccc2scnc2c1)N[C@H]1CN2CCC1CC2. The van der Waals surface area contributed by atoms with Gasteiger partial charge in [0.1, 0.15) is 0 Å². The molecule has 0 spiro atoms. The quantitative estimate of drug-likeness (QED) is 0.944. The van der Waals surface area contributed by atoms with Crippen LogP contribution in [0.1, 0.15) is 18.4 Å². The first-order valence-corrected chi connectivity index (χ1v) is 8.50. The van der Waals surface area contributed by atoms with Gasteiger partial charge in [-0.15, -0.1) is 11.3 Å². The highest BCUT2D eigenvalue weighted by Gasteiger charge is 2.34. The van der Waals surface area contributed by atoms with Gasteiger partial charge in [0.25, 0.3) is 0 Å². The third kappa shape index (κ3) is 2.68. The Labute approximate surface area is 128 Å². The molecule has 1 aromatic carbocycles. The van der Waals surface area contributed by atoms with E-state index in [9.17, 15) is 4.79 Å². The van der Waals surface area contributed by atoms with E-state index in [0.717, 1.165) is 17.6 Å². The van der Waals surface area contributed by atoms with Gasteiger partial charge in [-0.1, -0.05) is 6.07 Å². The fraction of sp³-hybridized carbons (Fsp3) is 0.500. The van der Waals surface area contributed by atoms with E-state index in [-0.39, 0.29) is 5.91 Å². The highest BCUT2D eigenvalue weighted by Crippen LogP contribution is 2.27. The summed E-state index contributed by atoms with van der Waals surface area (Å²) in [5.41, 5.74) is 3.89. The maximum absolute atomic E-state index is 12.3. The van der Waals surface area contributed by atoms with Crippen LogP contribution >= 0.6 is 11.3 Å². The van der Waals surface area contributed by atoms with E-state index >= 15 is 0 Å². The number of thiazole rings is 1. The topological polar surface area (TPSA) is 45.2 Å². The first kappa shape index (κ1) is 13.2. The minimum Gasteiger partial charge on any atom is -0.352 e. The summed E-state index contributed by atoms with van der Waals surface area (Å²) in [6.45, 7) is 3.44. The maximum atomic E-state index is 12.3. The van der Waals surface area contributed by atoms with Crippen molar-refractivity contribution in [3.8, 4) is 0 Å². The molecule has 0 saturated carbocycles. The molecule has 5 heteroatoms. The number of rotatable bonds is 3. The lowest BCUT2D eigenvalue weighted by Gasteiger charge is -2.44. The molecule has 21 heavy (non-hydrogen) atoms. The fourth-order valence-electron chi connectivity index (χ4n) is 3.59. The zero-order chi connectivity index (χ0) is 14.2. The molecule has 0 aliphatic carbocycles. The molecule has 2 bridgehead atoms. The molecule has 1 amide bonds. The molecular formula is C16H19N3OS. The zero-order valence-corrected chi connectivity index (χ0v) is 12.7. The molecular weight excluding hydrogens is 282 g/mol. The number of aromatic nitrogens is 1. The number of hydrogen-bond donors (Lipinski definition) is 1. The molecule has 2 aromatic rings. The Hall–Kier alpha value is -1.46. The minimum atomic E-state index is 0.142. The van der Waals surface area contributed by atoms with Crippen molar-refractivity contribution in [2.45, 2.75) is 25.3 Å². The van der Waals surface area contributed by atoms with Crippen LogP contribution in [0, 0.1) is 5.92 Å². The third-order valence-electron chi connectivity index (χ3n) is 4.76. The summed E-state index contributed by atoms with van der Waals surface area (Å²) >= 11 is 1.63. The lowest BCUT2D eigenvalue weighted by atomic mass is 9.84. The summed E-state index contributed by atoms with van der Waals surface area (Å²) in [7, 11) is 0. The van der Waals surface area contributed by atoms with Gasteiger partial charge in [0.2, 0.25) is 5.91 Å². The fourth-order valence-corrected chi connectivity index (χ4v) is 4.24. The summed E-state index contributed by atoms with van der Waals surface area (Å²) < 4.78 is 1.18. The highest BCUT2D eigenvalue weighted by molar-refractivity contribution is 7.16. The van der Waals surface area contributed by atoms with E-state index in [2.05, 4.69) is 21.3 Å². The van der Waals surface area contributed by atoms with Crippen LogP contribution in [-0.2, 0) is 11.2 Å². The molecule has 4 heterocycles. The van der Waals surface area contributed by atoms with Gasteiger partial charge in [-0.2, -0.15) is 0 Å². The van der Waals surface area contributed by atoms with E-state index < -0.39 is 0 Å². The Morgan fingerprint density at radius 2 is 2.24 bits per heavy atom. The van der Waals surface area contributed by atoms with Crippen LogP contribution in [0.25, 0.3) is 10.2 Å². The van der Waals surface area contributed by atoms with Crippen molar-refractivity contribution in [1.29, 1.82) is 0 Å². The lowest BCUT2D eigenvalue weighted by Crippen LogP contribution is -2.57. The molecule has 5 rings (SSSR count). The number of fused-ring (bicyclic) bond motifs is 4. The minimum absolute atomic E-state index is 0.142. The van der Waals surface area contributed by atoms with Crippen molar-refractivity contribution in [1.82, 2.24) is 15.2 Å². The molecule has 1 N–H and O–H groups in total. The monoisotopic (exact) mass is 301 g/mol. The standard InChI is InChI=1S/C16H19N3OS/c20-16(18-14-9-19-5-3-12(14)4-6-19)8-11-1-2-15-13(7-11)17-10-21-15/h1-2,7,10,12,14H,3-6,8-9H2,(H,18,20)/t14-/m0/s1. The number of benzene rings is 1. The molecule has 4 nitrogen and oxygen atoms in total. The second-order valence-corrected chi connectivity index (χ2v) is 7.03. The lowest BCUT2D eigenvalue weighted by molar-refractivity contribution is -0.122. The summed E-state index contributed by atoms with van der Waals surface area (Å²) in [6.07, 6.45) is 2.92. The molecule has 3 aliphatic heterocycles. The average Bonchev–Trinajstić information content (AvgIpc) is 2.96. The van der Waals surface area contributed by atoms with Gasteiger partial charge in [-0.3, -0.25) is 4.79 Å². The molecule has 3 aliphatic rings. The van der Waals surface area contributed by atoms with Crippen LogP contribution in [0.3, 0.4) is 0 Å². The summed E-state index contributed by atoms with van der Waals surface area (Å²) in [6, 6.07) is 6.48. The van der Waals surface area contributed by atoms with Gasteiger partial charge < -0.3 is 10.2 Å². The van der Waals surface area contributed by atoms with Gasteiger partial charge in [0.15, 0.2) is 0 Å². The zero-order valence-electron chi connectivity index (χ0n) is 11.9. The molecule has 1 aromatic heterocycles. The number of nitrogens with zero attached hydrogens (tertiary/aromatic N) is 2. The van der Waals surface area contributed by atoms with E-state index in [1.54, 1.807) is 11.3 Å². The van der Waals surface area contributed by atoms with Gasteiger partial charge in [0, 0.05) is 12.6 Å². The number of carbonyl (C=O) groups is 1. The first-order valence-electron chi connectivity index (χ1n) is 7.62. The number of piperidine rings is 3. The van der Waals surface area contributed by atoms with Crippen LogP contribution in [0.5, 0.6) is 0 Å². The van der Waals surface area contributed by atoms with Crippen molar-refractivity contribution in [2.75, 3.05) is 19.6 Å². The van der Waals surface area contributed by atoms with Crippen molar-refractivity contribution in [3.05, 3.63) is 29.3 Å². The van der Waals surface area contributed by atoms with Crippen molar-refractivity contribution in [2.24, 2.45) is 5.92 Å². The molecule has 110 valence electrons. The third-order valence-corrected chi connectivity index (χ3v) is 5.57. The van der Waals surface area contributed by atoms with E-state index in [1.165, 1.54) is 30.6 Å². The van der Waals surface area contributed by atoms with E-state index in [0.29, 0.717) is 18.4 Å². The summed E-state index contributed by atoms with van der Waals surface area (Å²) in [4.78, 5) is 19.1. The average molecular weight is 301 g/mol. The Kier molecular flexibility index (Phi) is 3.39. The van der Waals surface area contributed by atoms with Gasteiger partial charge >= 0.3 is 0 Å². The Morgan fingerprint density at radius 3 is 3.00 bits per heavy atom. The highest BCUT2D eigenvalue weighted by atomic mass is 32.1. The Bertz CT molecular complexity index is 660. The number of hydrogen-bond acceptors (Lipinski definition) is 4. The smallest absolute Gasteiger partial charge is 0.224 e. The second-order valence-electron chi connectivity index (χ2n) is 6.14. The maximum Gasteiger partial charge on any atom is 0.224 e. The van der Waals surface area contributed by atoms with E-state index in [4.69, 9.17) is 0 Å². The van der Waals surface area contributed by atoms with Gasteiger partial charge in [-0.05, 0) is 49.5 Å². The van der Waals surface area contributed by atoms with Gasteiger partial charge in [-0.25, -0.2) is 4.98 Å². The van der Waals surface area contributed by atoms with Crippen molar-refractivity contribution < 1.29 is 4.79 Å². The summed E-state index contributed by atoms with van der Waals surface area (Å²) in [5.74, 6) is 0.823. The Balaban J connectivity index is 1.41.